The number of hydrogen-bond acceptors (Lipinski definition) is 5. The molecule has 0 bridgehead atoms. The highest BCUT2D eigenvalue weighted by atomic mass is 32.2. The van der Waals surface area contributed by atoms with Crippen molar-refractivity contribution in [3.05, 3.63) is 23.9 Å². The molecule has 1 fully saturated rings. The Hall–Kier alpha value is -1.14. The van der Waals surface area contributed by atoms with E-state index in [9.17, 15) is 13.5 Å². The molecular weight excluding hydrogens is 240 g/mol. The predicted molar refractivity (Wildman–Crippen MR) is 65.1 cm³/mol. The molecule has 0 aromatic carbocycles. The summed E-state index contributed by atoms with van der Waals surface area (Å²) < 4.78 is 22.6. The van der Waals surface area contributed by atoms with Gasteiger partial charge in [0.15, 0.2) is 9.84 Å². The van der Waals surface area contributed by atoms with Crippen molar-refractivity contribution in [3.8, 4) is 0 Å². The van der Waals surface area contributed by atoms with E-state index >= 15 is 0 Å². The summed E-state index contributed by atoms with van der Waals surface area (Å²) in [6.07, 6.45) is 1.92. The van der Waals surface area contributed by atoms with E-state index in [0.29, 0.717) is 18.7 Å². The van der Waals surface area contributed by atoms with Crippen molar-refractivity contribution in [2.45, 2.75) is 18.9 Å². The van der Waals surface area contributed by atoms with Crippen molar-refractivity contribution < 1.29 is 13.5 Å². The Balaban J connectivity index is 2.00. The largest absolute Gasteiger partial charge is 0.392 e. The molecule has 0 radical (unpaired) electrons. The first-order valence-electron chi connectivity index (χ1n) is 5.55. The van der Waals surface area contributed by atoms with Crippen LogP contribution in [0, 0.1) is 5.92 Å². The summed E-state index contributed by atoms with van der Waals surface area (Å²) >= 11 is 0. The number of nitrogens with zero attached hydrogens (tertiary/aromatic N) is 1. The molecule has 0 saturated carbocycles. The summed E-state index contributed by atoms with van der Waals surface area (Å²) in [5.41, 5.74) is 6.43. The van der Waals surface area contributed by atoms with Crippen LogP contribution < -0.4 is 5.73 Å². The number of pyridine rings is 1. The number of aliphatic hydroxyl groups is 1. The molecule has 1 aromatic rings. The standard InChI is InChI=1S/C11H16N2O3S/c12-11-6-8(1-3-13-11)5-10(14)9-2-4-17(15,16)7-9/h1,3,6,9-10,14H,2,4-5,7H2,(H2,12,13). The minimum atomic E-state index is -2.94. The van der Waals surface area contributed by atoms with Gasteiger partial charge >= 0.3 is 0 Å². The Bertz CT molecular complexity index is 501. The van der Waals surface area contributed by atoms with Crippen molar-refractivity contribution in [1.29, 1.82) is 0 Å². The van der Waals surface area contributed by atoms with E-state index in [2.05, 4.69) is 4.98 Å². The first-order valence-corrected chi connectivity index (χ1v) is 7.37. The minimum Gasteiger partial charge on any atom is -0.392 e. The zero-order chi connectivity index (χ0) is 12.5. The fraction of sp³-hybridized carbons (Fsp3) is 0.545. The van der Waals surface area contributed by atoms with E-state index in [1.807, 2.05) is 0 Å². The highest BCUT2D eigenvalue weighted by molar-refractivity contribution is 7.91. The number of hydrogen-bond donors (Lipinski definition) is 2. The van der Waals surface area contributed by atoms with Gasteiger partial charge in [0.25, 0.3) is 0 Å². The lowest BCUT2D eigenvalue weighted by atomic mass is 9.96. The maximum Gasteiger partial charge on any atom is 0.150 e. The van der Waals surface area contributed by atoms with Crippen LogP contribution in [0.5, 0.6) is 0 Å². The van der Waals surface area contributed by atoms with Crippen LogP contribution >= 0.6 is 0 Å². The normalized spacial score (nSPS) is 24.6. The Kier molecular flexibility index (Phi) is 3.35. The summed E-state index contributed by atoms with van der Waals surface area (Å²) in [5, 5.41) is 10.00. The van der Waals surface area contributed by atoms with E-state index in [4.69, 9.17) is 5.73 Å². The third-order valence-electron chi connectivity index (χ3n) is 3.10. The SMILES string of the molecule is Nc1cc(CC(O)C2CCS(=O)(=O)C2)ccn1. The number of anilines is 1. The van der Waals surface area contributed by atoms with Gasteiger partial charge in [-0.3, -0.25) is 0 Å². The fourth-order valence-corrected chi connectivity index (χ4v) is 4.03. The molecule has 2 heterocycles. The maximum atomic E-state index is 11.3. The van der Waals surface area contributed by atoms with E-state index in [-0.39, 0.29) is 17.4 Å². The number of sulfone groups is 1. The van der Waals surface area contributed by atoms with Crippen molar-refractivity contribution in [3.63, 3.8) is 0 Å². The van der Waals surface area contributed by atoms with Crippen molar-refractivity contribution >= 4 is 15.7 Å². The third kappa shape index (κ3) is 3.17. The maximum absolute atomic E-state index is 11.3. The monoisotopic (exact) mass is 256 g/mol. The van der Waals surface area contributed by atoms with E-state index in [0.717, 1.165) is 5.56 Å². The van der Waals surface area contributed by atoms with Crippen LogP contribution in [-0.2, 0) is 16.3 Å². The average molecular weight is 256 g/mol. The highest BCUT2D eigenvalue weighted by Crippen LogP contribution is 2.24. The molecule has 2 rings (SSSR count). The van der Waals surface area contributed by atoms with Crippen molar-refractivity contribution in [2.24, 2.45) is 5.92 Å². The van der Waals surface area contributed by atoms with E-state index in [1.165, 1.54) is 0 Å². The molecule has 1 aromatic heterocycles. The van der Waals surface area contributed by atoms with Gasteiger partial charge in [-0.1, -0.05) is 0 Å². The van der Waals surface area contributed by atoms with Gasteiger partial charge in [0.2, 0.25) is 0 Å². The molecule has 17 heavy (non-hydrogen) atoms. The molecule has 5 nitrogen and oxygen atoms in total. The molecule has 2 unspecified atom stereocenters. The lowest BCUT2D eigenvalue weighted by Gasteiger charge is -2.16. The van der Waals surface area contributed by atoms with Crippen LogP contribution in [0.2, 0.25) is 0 Å². The summed E-state index contributed by atoms with van der Waals surface area (Å²) in [6.45, 7) is 0. The number of rotatable bonds is 3. The first kappa shape index (κ1) is 12.3. The molecule has 1 aliphatic rings. The number of aliphatic hydroxyl groups excluding tert-OH is 1. The highest BCUT2D eigenvalue weighted by Gasteiger charge is 2.32. The molecule has 1 saturated heterocycles. The third-order valence-corrected chi connectivity index (χ3v) is 4.90. The molecule has 94 valence electrons. The van der Waals surface area contributed by atoms with Crippen LogP contribution in [0.3, 0.4) is 0 Å². The number of aromatic nitrogens is 1. The molecule has 0 amide bonds. The van der Waals surface area contributed by atoms with Gasteiger partial charge < -0.3 is 10.8 Å². The van der Waals surface area contributed by atoms with Crippen LogP contribution in [0.1, 0.15) is 12.0 Å². The Morgan fingerprint density at radius 2 is 2.35 bits per heavy atom. The van der Waals surface area contributed by atoms with E-state index in [1.54, 1.807) is 18.3 Å². The molecule has 0 aliphatic carbocycles. The lowest BCUT2D eigenvalue weighted by molar-refractivity contribution is 0.120. The Morgan fingerprint density at radius 3 is 2.94 bits per heavy atom. The Morgan fingerprint density at radius 1 is 1.59 bits per heavy atom. The topological polar surface area (TPSA) is 93.3 Å². The number of nitrogen functional groups attached to an aromatic ring is 1. The zero-order valence-corrected chi connectivity index (χ0v) is 10.2. The number of nitrogens with two attached hydrogens (primary N) is 1. The lowest BCUT2D eigenvalue weighted by Crippen LogP contribution is -2.24. The van der Waals surface area contributed by atoms with Gasteiger partial charge in [0.05, 0.1) is 17.6 Å². The molecule has 1 aliphatic heterocycles. The second kappa shape index (κ2) is 4.62. The zero-order valence-electron chi connectivity index (χ0n) is 9.41. The van der Waals surface area contributed by atoms with Gasteiger partial charge in [0.1, 0.15) is 5.82 Å². The van der Waals surface area contributed by atoms with Crippen LogP contribution in [0.4, 0.5) is 5.82 Å². The van der Waals surface area contributed by atoms with E-state index < -0.39 is 15.9 Å². The fourth-order valence-electron chi connectivity index (χ4n) is 2.16. The first-order chi connectivity index (χ1) is 7.96. The van der Waals surface area contributed by atoms with Crippen molar-refractivity contribution in [1.82, 2.24) is 4.98 Å². The van der Waals surface area contributed by atoms with Gasteiger partial charge in [0, 0.05) is 12.1 Å². The molecular formula is C11H16N2O3S. The molecule has 2 atom stereocenters. The average Bonchev–Trinajstić information content (AvgIpc) is 2.59. The van der Waals surface area contributed by atoms with Gasteiger partial charge in [-0.15, -0.1) is 0 Å². The summed E-state index contributed by atoms with van der Waals surface area (Å²) in [4.78, 5) is 3.87. The molecule has 0 spiro atoms. The second-order valence-corrected chi connectivity index (χ2v) is 6.75. The smallest absolute Gasteiger partial charge is 0.150 e. The van der Waals surface area contributed by atoms with Crippen LogP contribution in [-0.4, -0.2) is 36.1 Å². The molecule has 6 heteroatoms. The Labute approximate surface area is 101 Å². The van der Waals surface area contributed by atoms with Crippen LogP contribution in [0.15, 0.2) is 18.3 Å². The quantitative estimate of drug-likeness (QED) is 0.794. The summed E-state index contributed by atoms with van der Waals surface area (Å²) in [5.74, 6) is 0.533. The predicted octanol–water partition coefficient (Wildman–Crippen LogP) is 0.00190. The summed E-state index contributed by atoms with van der Waals surface area (Å²) in [7, 11) is -2.94. The van der Waals surface area contributed by atoms with Gasteiger partial charge in [-0.2, -0.15) is 0 Å². The van der Waals surface area contributed by atoms with Gasteiger partial charge in [-0.05, 0) is 30.5 Å². The molecule has 3 N–H and O–H groups in total. The summed E-state index contributed by atoms with van der Waals surface area (Å²) in [6, 6.07) is 3.48. The van der Waals surface area contributed by atoms with Gasteiger partial charge in [-0.25, -0.2) is 13.4 Å². The van der Waals surface area contributed by atoms with Crippen LogP contribution in [0.25, 0.3) is 0 Å². The second-order valence-electron chi connectivity index (χ2n) is 4.52. The minimum absolute atomic E-state index is 0.0920. The van der Waals surface area contributed by atoms with Crippen molar-refractivity contribution in [2.75, 3.05) is 17.2 Å².